The zero-order valence-corrected chi connectivity index (χ0v) is 14.8. The lowest BCUT2D eigenvalue weighted by molar-refractivity contribution is -0.120. The van der Waals surface area contributed by atoms with Crippen LogP contribution in [-0.4, -0.2) is 61.5 Å². The zero-order chi connectivity index (χ0) is 16.8. The molecule has 0 saturated carbocycles. The van der Waals surface area contributed by atoms with E-state index in [1.807, 2.05) is 12.1 Å². The SMILES string of the molecule is CCN1CCN(Cc2ccc(NC(=O)C3CCCNC3)cc2)CC1. The molecule has 2 saturated heterocycles. The van der Waals surface area contributed by atoms with Crippen LogP contribution in [0.3, 0.4) is 0 Å². The van der Waals surface area contributed by atoms with E-state index in [9.17, 15) is 4.79 Å². The van der Waals surface area contributed by atoms with Gasteiger partial charge in [-0.2, -0.15) is 0 Å². The minimum absolute atomic E-state index is 0.105. The van der Waals surface area contributed by atoms with Crippen molar-refractivity contribution < 1.29 is 4.79 Å². The Balaban J connectivity index is 1.47. The molecule has 24 heavy (non-hydrogen) atoms. The molecule has 5 heteroatoms. The van der Waals surface area contributed by atoms with E-state index in [-0.39, 0.29) is 11.8 Å². The Bertz CT molecular complexity index is 517. The number of amides is 1. The molecule has 5 nitrogen and oxygen atoms in total. The predicted molar refractivity (Wildman–Crippen MR) is 98.1 cm³/mol. The van der Waals surface area contributed by atoms with Crippen LogP contribution < -0.4 is 10.6 Å². The lowest BCUT2D eigenvalue weighted by Gasteiger charge is -2.34. The van der Waals surface area contributed by atoms with Crippen LogP contribution in [0, 0.1) is 5.92 Å². The Labute approximate surface area is 145 Å². The van der Waals surface area contributed by atoms with Gasteiger partial charge in [0.15, 0.2) is 0 Å². The molecule has 0 aliphatic carbocycles. The topological polar surface area (TPSA) is 47.6 Å². The fourth-order valence-corrected chi connectivity index (χ4v) is 3.54. The van der Waals surface area contributed by atoms with E-state index in [0.717, 1.165) is 57.8 Å². The van der Waals surface area contributed by atoms with Gasteiger partial charge in [-0.1, -0.05) is 19.1 Å². The molecular weight excluding hydrogens is 300 g/mol. The standard InChI is InChI=1S/C19H30N4O/c1-2-22-10-12-23(13-11-22)15-16-5-7-18(8-6-16)21-19(24)17-4-3-9-20-14-17/h5-8,17,20H,2-4,9-15H2,1H3,(H,21,24). The van der Waals surface area contributed by atoms with E-state index >= 15 is 0 Å². The quantitative estimate of drug-likeness (QED) is 0.864. The number of likely N-dealkylation sites (N-methyl/N-ethyl adjacent to an activating group) is 1. The third-order valence-electron chi connectivity index (χ3n) is 5.21. The van der Waals surface area contributed by atoms with Gasteiger partial charge < -0.3 is 15.5 Å². The van der Waals surface area contributed by atoms with E-state index in [1.165, 1.54) is 18.7 Å². The van der Waals surface area contributed by atoms with Gasteiger partial charge in [0.1, 0.15) is 0 Å². The number of piperazine rings is 1. The molecule has 1 amide bonds. The largest absolute Gasteiger partial charge is 0.326 e. The Morgan fingerprint density at radius 3 is 2.50 bits per heavy atom. The minimum Gasteiger partial charge on any atom is -0.326 e. The molecule has 1 aromatic carbocycles. The molecular formula is C19H30N4O. The van der Waals surface area contributed by atoms with E-state index in [1.54, 1.807) is 0 Å². The number of nitrogens with one attached hydrogen (secondary N) is 2. The van der Waals surface area contributed by atoms with Crippen LogP contribution in [0.1, 0.15) is 25.3 Å². The molecule has 1 unspecified atom stereocenters. The number of hydrogen-bond donors (Lipinski definition) is 2. The highest BCUT2D eigenvalue weighted by molar-refractivity contribution is 5.92. The number of piperidine rings is 1. The average molecular weight is 330 g/mol. The summed E-state index contributed by atoms with van der Waals surface area (Å²) in [6.07, 6.45) is 2.07. The summed E-state index contributed by atoms with van der Waals surface area (Å²) in [7, 11) is 0. The van der Waals surface area contributed by atoms with Crippen molar-refractivity contribution in [3.63, 3.8) is 0 Å². The Kier molecular flexibility index (Phi) is 6.24. The number of anilines is 1. The van der Waals surface area contributed by atoms with Gasteiger partial charge in [0, 0.05) is 45.0 Å². The number of rotatable bonds is 5. The maximum absolute atomic E-state index is 12.3. The summed E-state index contributed by atoms with van der Waals surface area (Å²) < 4.78 is 0. The second-order valence-corrected chi connectivity index (χ2v) is 6.94. The lowest BCUT2D eigenvalue weighted by Crippen LogP contribution is -2.45. The molecule has 2 heterocycles. The second-order valence-electron chi connectivity index (χ2n) is 6.94. The molecule has 1 atom stereocenters. The van der Waals surface area contributed by atoms with Crippen LogP contribution in [-0.2, 0) is 11.3 Å². The van der Waals surface area contributed by atoms with Crippen LogP contribution in [0.5, 0.6) is 0 Å². The van der Waals surface area contributed by atoms with Gasteiger partial charge in [0.2, 0.25) is 5.91 Å². The van der Waals surface area contributed by atoms with Gasteiger partial charge in [-0.05, 0) is 43.6 Å². The molecule has 2 aliphatic rings. The van der Waals surface area contributed by atoms with Gasteiger partial charge in [-0.25, -0.2) is 0 Å². The summed E-state index contributed by atoms with van der Waals surface area (Å²) in [6.45, 7) is 10.8. The highest BCUT2D eigenvalue weighted by Gasteiger charge is 2.21. The first-order chi connectivity index (χ1) is 11.7. The van der Waals surface area contributed by atoms with Crippen molar-refractivity contribution in [3.8, 4) is 0 Å². The second kappa shape index (κ2) is 8.60. The van der Waals surface area contributed by atoms with E-state index in [4.69, 9.17) is 0 Å². The monoisotopic (exact) mass is 330 g/mol. The van der Waals surface area contributed by atoms with Crippen molar-refractivity contribution in [1.29, 1.82) is 0 Å². The van der Waals surface area contributed by atoms with Gasteiger partial charge >= 0.3 is 0 Å². The molecule has 132 valence electrons. The van der Waals surface area contributed by atoms with E-state index in [0.29, 0.717) is 0 Å². The van der Waals surface area contributed by atoms with Crippen LogP contribution >= 0.6 is 0 Å². The van der Waals surface area contributed by atoms with Crippen molar-refractivity contribution in [2.75, 3.05) is 51.1 Å². The van der Waals surface area contributed by atoms with Crippen LogP contribution in [0.4, 0.5) is 5.69 Å². The number of benzene rings is 1. The van der Waals surface area contributed by atoms with Crippen molar-refractivity contribution >= 4 is 11.6 Å². The van der Waals surface area contributed by atoms with E-state index < -0.39 is 0 Å². The van der Waals surface area contributed by atoms with Crippen molar-refractivity contribution in [3.05, 3.63) is 29.8 Å². The molecule has 1 aromatic rings. The number of carbonyl (C=O) groups is 1. The van der Waals surface area contributed by atoms with Crippen LogP contribution in [0.15, 0.2) is 24.3 Å². The highest BCUT2D eigenvalue weighted by atomic mass is 16.1. The molecule has 2 N–H and O–H groups in total. The maximum atomic E-state index is 12.3. The van der Waals surface area contributed by atoms with Crippen molar-refractivity contribution in [2.45, 2.75) is 26.3 Å². The Morgan fingerprint density at radius 1 is 1.17 bits per heavy atom. The maximum Gasteiger partial charge on any atom is 0.228 e. The zero-order valence-electron chi connectivity index (χ0n) is 14.8. The van der Waals surface area contributed by atoms with E-state index in [2.05, 4.69) is 39.5 Å². The first-order valence-electron chi connectivity index (χ1n) is 9.30. The molecule has 0 radical (unpaired) electrons. The Morgan fingerprint density at radius 2 is 1.88 bits per heavy atom. The summed E-state index contributed by atoms with van der Waals surface area (Å²) >= 11 is 0. The molecule has 0 bridgehead atoms. The summed E-state index contributed by atoms with van der Waals surface area (Å²) in [5.41, 5.74) is 2.22. The summed E-state index contributed by atoms with van der Waals surface area (Å²) in [6, 6.07) is 8.35. The summed E-state index contributed by atoms with van der Waals surface area (Å²) in [4.78, 5) is 17.3. The average Bonchev–Trinajstić information content (AvgIpc) is 2.65. The number of nitrogens with zero attached hydrogens (tertiary/aromatic N) is 2. The normalized spacial score (nSPS) is 23.1. The third-order valence-corrected chi connectivity index (χ3v) is 5.21. The summed E-state index contributed by atoms with van der Waals surface area (Å²) in [5, 5.41) is 6.35. The summed E-state index contributed by atoms with van der Waals surface area (Å²) in [5.74, 6) is 0.249. The first-order valence-corrected chi connectivity index (χ1v) is 9.30. The van der Waals surface area contributed by atoms with Gasteiger partial charge in [0.05, 0.1) is 5.92 Å². The van der Waals surface area contributed by atoms with Gasteiger partial charge in [-0.3, -0.25) is 9.69 Å². The lowest BCUT2D eigenvalue weighted by atomic mass is 9.99. The highest BCUT2D eigenvalue weighted by Crippen LogP contribution is 2.16. The minimum atomic E-state index is 0.105. The van der Waals surface area contributed by atoms with Gasteiger partial charge in [0.25, 0.3) is 0 Å². The number of hydrogen-bond acceptors (Lipinski definition) is 4. The molecule has 2 fully saturated rings. The Hall–Kier alpha value is -1.43. The molecule has 0 spiro atoms. The smallest absolute Gasteiger partial charge is 0.228 e. The molecule has 3 rings (SSSR count). The van der Waals surface area contributed by atoms with Crippen LogP contribution in [0.2, 0.25) is 0 Å². The number of carbonyl (C=O) groups excluding carboxylic acids is 1. The predicted octanol–water partition coefficient (Wildman–Crippen LogP) is 1.76. The van der Waals surface area contributed by atoms with Crippen LogP contribution in [0.25, 0.3) is 0 Å². The fourth-order valence-electron chi connectivity index (χ4n) is 3.54. The van der Waals surface area contributed by atoms with Crippen molar-refractivity contribution in [1.82, 2.24) is 15.1 Å². The third kappa shape index (κ3) is 4.79. The van der Waals surface area contributed by atoms with Gasteiger partial charge in [-0.15, -0.1) is 0 Å². The van der Waals surface area contributed by atoms with Crippen molar-refractivity contribution in [2.24, 2.45) is 5.92 Å². The molecule has 0 aromatic heterocycles. The first kappa shape index (κ1) is 17.4. The molecule has 2 aliphatic heterocycles. The fraction of sp³-hybridized carbons (Fsp3) is 0.632.